The Labute approximate surface area is 186 Å². The number of cyclic esters (lactones) is 1. The molecule has 2 saturated heterocycles. The zero-order valence-electron chi connectivity index (χ0n) is 20.6. The molecule has 2 aliphatic rings. The van der Waals surface area contributed by atoms with E-state index in [0.29, 0.717) is 6.42 Å². The second kappa shape index (κ2) is 12.0. The Morgan fingerprint density at radius 3 is 2.17 bits per heavy atom. The second-order valence-electron chi connectivity index (χ2n) is 11.0. The maximum Gasteiger partial charge on any atom is 0.306 e. The smallest absolute Gasteiger partial charge is 0.306 e. The summed E-state index contributed by atoms with van der Waals surface area (Å²) in [5, 5.41) is 0.198. The molecule has 4 atom stereocenters. The maximum atomic E-state index is 11.5. The van der Waals surface area contributed by atoms with Crippen LogP contribution in [0.1, 0.15) is 111 Å². The minimum Gasteiger partial charge on any atom is -0.460 e. The lowest BCUT2D eigenvalue weighted by Gasteiger charge is -2.41. The number of hydrogen-bond acceptors (Lipinski definition) is 4. The number of carbonyl (C=O) groups is 1. The molecule has 4 nitrogen and oxygen atoms in total. The highest BCUT2D eigenvalue weighted by molar-refractivity contribution is 6.74. The van der Waals surface area contributed by atoms with Gasteiger partial charge in [-0.25, -0.2) is 0 Å². The Hall–Kier alpha value is -0.393. The fourth-order valence-electron chi connectivity index (χ4n) is 4.40. The second-order valence-corrected chi connectivity index (χ2v) is 15.8. The normalized spacial score (nSPS) is 26.2. The van der Waals surface area contributed by atoms with E-state index in [2.05, 4.69) is 40.8 Å². The van der Waals surface area contributed by atoms with Crippen LogP contribution < -0.4 is 0 Å². The standard InChI is InChI=1S/C25H48O4Si/c1-7-8-9-10-11-12-13-14-15-23(29-30(5,6)25(2,3)4)22-17-16-20(27-22)21-18-19-24(26)28-21/h20-23H,7-19H2,1-6H3/t20-,21-,22-,23-/m0/s1. The first-order valence-electron chi connectivity index (χ1n) is 12.7. The van der Waals surface area contributed by atoms with E-state index < -0.39 is 8.32 Å². The Bertz CT molecular complexity index is 514. The van der Waals surface area contributed by atoms with Crippen molar-refractivity contribution in [2.45, 2.75) is 154 Å². The van der Waals surface area contributed by atoms with Gasteiger partial charge in [0.2, 0.25) is 0 Å². The number of unbranched alkanes of at least 4 members (excludes halogenated alkanes) is 7. The minimum atomic E-state index is -1.86. The lowest BCUT2D eigenvalue weighted by atomic mass is 10.0. The fourth-order valence-corrected chi connectivity index (χ4v) is 5.78. The van der Waals surface area contributed by atoms with Gasteiger partial charge in [-0.15, -0.1) is 0 Å². The van der Waals surface area contributed by atoms with E-state index in [0.717, 1.165) is 25.7 Å². The van der Waals surface area contributed by atoms with Gasteiger partial charge < -0.3 is 13.9 Å². The summed E-state index contributed by atoms with van der Waals surface area (Å²) in [4.78, 5) is 11.5. The maximum absolute atomic E-state index is 11.5. The topological polar surface area (TPSA) is 44.8 Å². The molecule has 0 aliphatic carbocycles. The largest absolute Gasteiger partial charge is 0.460 e. The number of hydrogen-bond donors (Lipinski definition) is 0. The molecule has 2 aliphatic heterocycles. The summed E-state index contributed by atoms with van der Waals surface area (Å²) in [6, 6.07) is 0. The van der Waals surface area contributed by atoms with Gasteiger partial charge in [-0.2, -0.15) is 0 Å². The number of ether oxygens (including phenoxy) is 2. The molecule has 0 N–H and O–H groups in total. The van der Waals surface area contributed by atoms with Crippen molar-refractivity contribution in [1.82, 2.24) is 0 Å². The average Bonchev–Trinajstić information content (AvgIpc) is 3.31. The van der Waals surface area contributed by atoms with Crippen molar-refractivity contribution in [2.75, 3.05) is 0 Å². The molecule has 0 bridgehead atoms. The molecular formula is C25H48O4Si. The molecule has 0 aromatic carbocycles. The van der Waals surface area contributed by atoms with Crippen molar-refractivity contribution in [2.24, 2.45) is 0 Å². The van der Waals surface area contributed by atoms with Crippen LogP contribution in [0.25, 0.3) is 0 Å². The lowest BCUT2D eigenvalue weighted by Crippen LogP contribution is -2.47. The van der Waals surface area contributed by atoms with Gasteiger partial charge in [-0.3, -0.25) is 4.79 Å². The summed E-state index contributed by atoms with van der Waals surface area (Å²) in [6.45, 7) is 13.9. The van der Waals surface area contributed by atoms with Crippen LogP contribution in [0.3, 0.4) is 0 Å². The number of carbonyl (C=O) groups excluding carboxylic acids is 1. The fraction of sp³-hybridized carbons (Fsp3) is 0.960. The van der Waals surface area contributed by atoms with Crippen molar-refractivity contribution in [3.63, 3.8) is 0 Å². The summed E-state index contributed by atoms with van der Waals surface area (Å²) in [6.07, 6.45) is 15.4. The van der Waals surface area contributed by atoms with Crippen molar-refractivity contribution >= 4 is 14.3 Å². The molecule has 0 amide bonds. The van der Waals surface area contributed by atoms with Gasteiger partial charge in [0.05, 0.1) is 18.3 Å². The zero-order valence-corrected chi connectivity index (χ0v) is 21.6. The first-order chi connectivity index (χ1) is 14.1. The van der Waals surface area contributed by atoms with Gasteiger partial charge in [0.25, 0.3) is 0 Å². The highest BCUT2D eigenvalue weighted by Gasteiger charge is 2.44. The molecule has 30 heavy (non-hydrogen) atoms. The summed E-state index contributed by atoms with van der Waals surface area (Å²) in [7, 11) is -1.86. The Morgan fingerprint density at radius 1 is 0.967 bits per heavy atom. The minimum absolute atomic E-state index is 0.0425. The van der Waals surface area contributed by atoms with E-state index in [1.165, 1.54) is 51.4 Å². The van der Waals surface area contributed by atoms with Crippen LogP contribution in [0.15, 0.2) is 0 Å². The van der Waals surface area contributed by atoms with Crippen LogP contribution in [0.4, 0.5) is 0 Å². The Morgan fingerprint density at radius 2 is 1.60 bits per heavy atom. The van der Waals surface area contributed by atoms with E-state index in [4.69, 9.17) is 13.9 Å². The Kier molecular flexibility index (Phi) is 10.4. The third-order valence-corrected chi connectivity index (χ3v) is 11.9. The van der Waals surface area contributed by atoms with Crippen LogP contribution >= 0.6 is 0 Å². The lowest BCUT2D eigenvalue weighted by molar-refractivity contribution is -0.148. The summed E-state index contributed by atoms with van der Waals surface area (Å²) >= 11 is 0. The van der Waals surface area contributed by atoms with Crippen molar-refractivity contribution in [1.29, 1.82) is 0 Å². The first-order valence-corrected chi connectivity index (χ1v) is 15.6. The quantitative estimate of drug-likeness (QED) is 0.173. The van der Waals surface area contributed by atoms with Gasteiger partial charge in [0, 0.05) is 6.42 Å². The van der Waals surface area contributed by atoms with Crippen LogP contribution in [0, 0.1) is 0 Å². The van der Waals surface area contributed by atoms with E-state index in [1.807, 2.05) is 0 Å². The van der Waals surface area contributed by atoms with Gasteiger partial charge in [-0.1, -0.05) is 79.1 Å². The molecule has 0 spiro atoms. The van der Waals surface area contributed by atoms with E-state index in [-0.39, 0.29) is 35.4 Å². The van der Waals surface area contributed by atoms with Gasteiger partial charge in [-0.05, 0) is 43.8 Å². The van der Waals surface area contributed by atoms with E-state index in [1.54, 1.807) is 0 Å². The average molecular weight is 441 g/mol. The molecule has 2 fully saturated rings. The molecule has 0 aromatic heterocycles. The van der Waals surface area contributed by atoms with Gasteiger partial charge in [0.15, 0.2) is 8.32 Å². The van der Waals surface area contributed by atoms with Crippen LogP contribution in [0.2, 0.25) is 18.1 Å². The molecule has 2 heterocycles. The molecule has 176 valence electrons. The Balaban J connectivity index is 1.86. The molecular weight excluding hydrogens is 392 g/mol. The number of rotatable bonds is 13. The molecule has 0 unspecified atom stereocenters. The number of esters is 1. The van der Waals surface area contributed by atoms with Gasteiger partial charge >= 0.3 is 5.97 Å². The highest BCUT2D eigenvalue weighted by atomic mass is 28.4. The zero-order chi connectivity index (χ0) is 22.2. The summed E-state index contributed by atoms with van der Waals surface area (Å²) in [5.74, 6) is -0.0694. The molecule has 0 aromatic rings. The SMILES string of the molecule is CCCCCCCCCC[C@H](O[Si](C)(C)C(C)(C)C)[C@@H]1CC[C@@H]([C@@H]2CCC(=O)O2)O1. The molecule has 2 rings (SSSR count). The van der Waals surface area contributed by atoms with Crippen molar-refractivity contribution in [3.8, 4) is 0 Å². The third-order valence-electron chi connectivity index (χ3n) is 7.42. The van der Waals surface area contributed by atoms with Crippen LogP contribution in [-0.2, 0) is 18.7 Å². The van der Waals surface area contributed by atoms with E-state index in [9.17, 15) is 4.79 Å². The predicted octanol–water partition coefficient (Wildman–Crippen LogP) is 7.16. The van der Waals surface area contributed by atoms with Crippen LogP contribution in [-0.4, -0.2) is 38.7 Å². The predicted molar refractivity (Wildman–Crippen MR) is 126 cm³/mol. The van der Waals surface area contributed by atoms with Gasteiger partial charge in [0.1, 0.15) is 6.10 Å². The van der Waals surface area contributed by atoms with E-state index >= 15 is 0 Å². The van der Waals surface area contributed by atoms with Crippen LogP contribution in [0.5, 0.6) is 0 Å². The van der Waals surface area contributed by atoms with Crippen molar-refractivity contribution in [3.05, 3.63) is 0 Å². The molecule has 0 saturated carbocycles. The van der Waals surface area contributed by atoms with Crippen molar-refractivity contribution < 1.29 is 18.7 Å². The summed E-state index contributed by atoms with van der Waals surface area (Å²) in [5.41, 5.74) is 0. The molecule has 0 radical (unpaired) electrons. The summed E-state index contributed by atoms with van der Waals surface area (Å²) < 4.78 is 18.8. The first kappa shape index (κ1) is 25.9. The monoisotopic (exact) mass is 440 g/mol. The third kappa shape index (κ3) is 7.94. The highest BCUT2D eigenvalue weighted by Crippen LogP contribution is 2.40. The molecule has 5 heteroatoms.